The van der Waals surface area contributed by atoms with Crippen LogP contribution < -0.4 is 5.73 Å². The first-order valence-electron chi connectivity index (χ1n) is 7.15. The van der Waals surface area contributed by atoms with E-state index in [2.05, 4.69) is 48.0 Å². The van der Waals surface area contributed by atoms with E-state index >= 15 is 0 Å². The van der Waals surface area contributed by atoms with Crippen LogP contribution in [0, 0.1) is 18.8 Å². The van der Waals surface area contributed by atoms with Crippen molar-refractivity contribution in [1.82, 2.24) is 0 Å². The highest BCUT2D eigenvalue weighted by molar-refractivity contribution is 9.10. The summed E-state index contributed by atoms with van der Waals surface area (Å²) in [5.41, 5.74) is 9.15. The molecular weight excluding hydrogens is 286 g/mol. The van der Waals surface area contributed by atoms with Crippen LogP contribution in [0.25, 0.3) is 0 Å². The zero-order chi connectivity index (χ0) is 13.1. The lowest BCUT2D eigenvalue weighted by Crippen LogP contribution is -2.30. The minimum Gasteiger partial charge on any atom is -0.324 e. The molecule has 0 bridgehead atoms. The monoisotopic (exact) mass is 309 g/mol. The second kappa shape index (κ2) is 6.21. The molecule has 0 aliphatic heterocycles. The molecule has 3 atom stereocenters. The van der Waals surface area contributed by atoms with Gasteiger partial charge in [-0.3, -0.25) is 0 Å². The van der Waals surface area contributed by atoms with Crippen LogP contribution in [0.5, 0.6) is 0 Å². The number of hydrogen-bond acceptors (Lipinski definition) is 1. The van der Waals surface area contributed by atoms with Gasteiger partial charge in [-0.15, -0.1) is 0 Å². The summed E-state index contributed by atoms with van der Waals surface area (Å²) in [5.74, 6) is 1.46. The molecular formula is C16H24BrN. The Labute approximate surface area is 119 Å². The van der Waals surface area contributed by atoms with Gasteiger partial charge in [0.1, 0.15) is 0 Å². The van der Waals surface area contributed by atoms with Gasteiger partial charge in [0.25, 0.3) is 0 Å². The number of hydrogen-bond donors (Lipinski definition) is 1. The molecule has 0 saturated heterocycles. The van der Waals surface area contributed by atoms with Crippen molar-refractivity contribution in [2.45, 2.75) is 52.0 Å². The third-order valence-corrected chi connectivity index (χ3v) is 5.62. The van der Waals surface area contributed by atoms with Gasteiger partial charge in [-0.1, -0.05) is 66.7 Å². The van der Waals surface area contributed by atoms with Gasteiger partial charge in [-0.2, -0.15) is 0 Å². The molecule has 0 heterocycles. The normalized spacial score (nSPS) is 26.0. The summed E-state index contributed by atoms with van der Waals surface area (Å²) in [6.45, 7) is 4.44. The fourth-order valence-electron chi connectivity index (χ4n) is 3.37. The Morgan fingerprint density at radius 2 is 2.06 bits per heavy atom. The Morgan fingerprint density at radius 1 is 1.33 bits per heavy atom. The van der Waals surface area contributed by atoms with E-state index < -0.39 is 0 Å². The van der Waals surface area contributed by atoms with Gasteiger partial charge in [0.15, 0.2) is 0 Å². The maximum absolute atomic E-state index is 6.58. The van der Waals surface area contributed by atoms with Crippen LogP contribution in [0.15, 0.2) is 22.7 Å². The SMILES string of the molecule is CCC1CCCCC1C(N)c1cccc(C)c1Br. The molecule has 1 aliphatic carbocycles. The van der Waals surface area contributed by atoms with Gasteiger partial charge in [-0.05, 0) is 36.3 Å². The van der Waals surface area contributed by atoms with Gasteiger partial charge in [0, 0.05) is 10.5 Å². The van der Waals surface area contributed by atoms with E-state index in [1.807, 2.05) is 0 Å². The molecule has 1 fully saturated rings. The van der Waals surface area contributed by atoms with Gasteiger partial charge in [0.2, 0.25) is 0 Å². The first-order chi connectivity index (χ1) is 8.65. The number of rotatable bonds is 3. The van der Waals surface area contributed by atoms with Crippen molar-refractivity contribution >= 4 is 15.9 Å². The minimum absolute atomic E-state index is 0.185. The molecule has 3 unspecified atom stereocenters. The first-order valence-corrected chi connectivity index (χ1v) is 7.95. The van der Waals surface area contributed by atoms with Crippen molar-refractivity contribution in [2.75, 3.05) is 0 Å². The molecule has 1 aliphatic rings. The molecule has 1 aromatic rings. The molecule has 0 aromatic heterocycles. The standard InChI is InChI=1S/C16H24BrN/c1-3-12-8-4-5-9-13(12)16(18)14-10-6-7-11(2)15(14)17/h6-7,10,12-13,16H,3-5,8-9,18H2,1-2H3. The number of halogens is 1. The summed E-state index contributed by atoms with van der Waals surface area (Å²) < 4.78 is 1.21. The Balaban J connectivity index is 2.23. The van der Waals surface area contributed by atoms with E-state index in [0.717, 1.165) is 5.92 Å². The fraction of sp³-hybridized carbons (Fsp3) is 0.625. The van der Waals surface area contributed by atoms with E-state index in [9.17, 15) is 0 Å². The van der Waals surface area contributed by atoms with Gasteiger partial charge in [-0.25, -0.2) is 0 Å². The summed E-state index contributed by atoms with van der Waals surface area (Å²) in [6, 6.07) is 6.63. The third-order valence-electron chi connectivity index (χ3n) is 4.53. The van der Waals surface area contributed by atoms with Crippen LogP contribution in [0.1, 0.15) is 56.2 Å². The van der Waals surface area contributed by atoms with Crippen LogP contribution in [0.4, 0.5) is 0 Å². The Bertz CT molecular complexity index is 402. The van der Waals surface area contributed by atoms with Crippen molar-refractivity contribution in [3.8, 4) is 0 Å². The predicted molar refractivity (Wildman–Crippen MR) is 81.5 cm³/mol. The summed E-state index contributed by atoms with van der Waals surface area (Å²) >= 11 is 3.71. The van der Waals surface area contributed by atoms with Crippen molar-refractivity contribution in [3.63, 3.8) is 0 Å². The summed E-state index contributed by atoms with van der Waals surface area (Å²) in [4.78, 5) is 0. The third kappa shape index (κ3) is 2.80. The zero-order valence-corrected chi connectivity index (χ0v) is 13.0. The largest absolute Gasteiger partial charge is 0.324 e. The van der Waals surface area contributed by atoms with Crippen LogP contribution in [-0.4, -0.2) is 0 Å². The highest BCUT2D eigenvalue weighted by Gasteiger charge is 2.30. The van der Waals surface area contributed by atoms with Crippen molar-refractivity contribution in [3.05, 3.63) is 33.8 Å². The molecule has 2 rings (SSSR count). The zero-order valence-electron chi connectivity index (χ0n) is 11.5. The molecule has 1 nitrogen and oxygen atoms in total. The molecule has 1 saturated carbocycles. The lowest BCUT2D eigenvalue weighted by Gasteiger charge is -2.35. The summed E-state index contributed by atoms with van der Waals surface area (Å²) in [7, 11) is 0. The van der Waals surface area contributed by atoms with E-state index in [-0.39, 0.29) is 6.04 Å². The lowest BCUT2D eigenvalue weighted by atomic mass is 9.72. The molecule has 18 heavy (non-hydrogen) atoms. The molecule has 0 amide bonds. The topological polar surface area (TPSA) is 26.0 Å². The molecule has 100 valence electrons. The molecule has 0 radical (unpaired) electrons. The van der Waals surface area contributed by atoms with Crippen LogP contribution in [0.3, 0.4) is 0 Å². The molecule has 2 N–H and O–H groups in total. The molecule has 2 heteroatoms. The Hall–Kier alpha value is -0.340. The second-order valence-electron chi connectivity index (χ2n) is 5.62. The van der Waals surface area contributed by atoms with E-state index in [0.29, 0.717) is 5.92 Å². The maximum Gasteiger partial charge on any atom is 0.0337 e. The molecule has 0 spiro atoms. The minimum atomic E-state index is 0.185. The maximum atomic E-state index is 6.58. The van der Waals surface area contributed by atoms with Crippen LogP contribution in [-0.2, 0) is 0 Å². The van der Waals surface area contributed by atoms with E-state index in [4.69, 9.17) is 5.73 Å². The number of aryl methyl sites for hydroxylation is 1. The Morgan fingerprint density at radius 3 is 2.78 bits per heavy atom. The quantitative estimate of drug-likeness (QED) is 0.837. The smallest absolute Gasteiger partial charge is 0.0337 e. The highest BCUT2D eigenvalue weighted by atomic mass is 79.9. The van der Waals surface area contributed by atoms with Crippen LogP contribution >= 0.6 is 15.9 Å². The van der Waals surface area contributed by atoms with Gasteiger partial charge >= 0.3 is 0 Å². The molecule has 1 aromatic carbocycles. The van der Waals surface area contributed by atoms with Crippen LogP contribution in [0.2, 0.25) is 0 Å². The van der Waals surface area contributed by atoms with E-state index in [1.54, 1.807) is 0 Å². The van der Waals surface area contributed by atoms with Gasteiger partial charge in [0.05, 0.1) is 0 Å². The van der Waals surface area contributed by atoms with Crippen molar-refractivity contribution in [2.24, 2.45) is 17.6 Å². The lowest BCUT2D eigenvalue weighted by molar-refractivity contribution is 0.196. The number of benzene rings is 1. The summed E-state index contributed by atoms with van der Waals surface area (Å²) in [5, 5.41) is 0. The average molecular weight is 310 g/mol. The van der Waals surface area contributed by atoms with Crippen molar-refractivity contribution in [1.29, 1.82) is 0 Å². The first kappa shape index (κ1) is 14.1. The predicted octanol–water partition coefficient (Wildman–Crippen LogP) is 4.97. The second-order valence-corrected chi connectivity index (χ2v) is 6.41. The average Bonchev–Trinajstić information content (AvgIpc) is 2.41. The van der Waals surface area contributed by atoms with E-state index in [1.165, 1.54) is 47.7 Å². The summed E-state index contributed by atoms with van der Waals surface area (Å²) in [6.07, 6.45) is 6.65. The fourth-order valence-corrected chi connectivity index (χ4v) is 3.90. The van der Waals surface area contributed by atoms with Crippen molar-refractivity contribution < 1.29 is 0 Å². The highest BCUT2D eigenvalue weighted by Crippen LogP contribution is 2.41. The Kier molecular flexibility index (Phi) is 4.85. The number of nitrogens with two attached hydrogens (primary N) is 1. The van der Waals surface area contributed by atoms with Gasteiger partial charge < -0.3 is 5.73 Å².